The quantitative estimate of drug-likeness (QED) is 0.162. The number of hydrogen-bond acceptors (Lipinski definition) is 5. The molecule has 5 nitrogen and oxygen atoms in total. The molecule has 0 radical (unpaired) electrons. The van der Waals surface area contributed by atoms with Gasteiger partial charge in [-0.3, -0.25) is 9.97 Å². The van der Waals surface area contributed by atoms with Gasteiger partial charge in [0.2, 0.25) is 0 Å². The Bertz CT molecular complexity index is 3160. The number of aromatic nitrogens is 4. The zero-order valence-electron chi connectivity index (χ0n) is 29.6. The molecule has 0 saturated heterocycles. The largest absolute Gasteiger partial charge is 0.308 e. The molecule has 4 heterocycles. The fraction of sp³-hybridized carbons (Fsp3) is 0. The zero-order valence-corrected chi connectivity index (χ0v) is 29.6. The third kappa shape index (κ3) is 5.17. The van der Waals surface area contributed by atoms with Gasteiger partial charge in [0.05, 0.1) is 40.0 Å². The Morgan fingerprint density at radius 3 is 1.69 bits per heavy atom. The number of fused-ring (bicyclic) bond motifs is 3. The molecule has 0 bridgehead atoms. The van der Waals surface area contributed by atoms with E-state index in [4.69, 9.17) is 9.97 Å². The third-order valence-corrected chi connectivity index (χ3v) is 10.7. The van der Waals surface area contributed by atoms with Crippen molar-refractivity contribution in [2.75, 3.05) is 4.90 Å². The number of hydrogen-bond donors (Lipinski definition) is 0. The zero-order chi connectivity index (χ0) is 36.3. The van der Waals surface area contributed by atoms with Crippen LogP contribution in [0.1, 0.15) is 0 Å². The van der Waals surface area contributed by atoms with Crippen molar-refractivity contribution in [1.29, 1.82) is 0 Å². The van der Waals surface area contributed by atoms with Crippen LogP contribution in [-0.2, 0) is 0 Å². The van der Waals surface area contributed by atoms with Crippen LogP contribution in [0.25, 0.3) is 87.8 Å². The second-order valence-electron chi connectivity index (χ2n) is 13.9. The SMILES string of the molecule is c1ccc(N(c2cccnc2)c2ccc3ccc4c(-c5cccc(-c6ccc7ccc8ccc(-c9cccnc9)nc8c7n6)c5)ccc5ccc2c3c54)cc1. The molecule has 5 heteroatoms. The number of benzene rings is 7. The van der Waals surface area contributed by atoms with E-state index in [1.165, 1.54) is 37.9 Å². The molecule has 0 unspecified atom stereocenters. The molecule has 0 atom stereocenters. The van der Waals surface area contributed by atoms with E-state index in [0.717, 1.165) is 66.9 Å². The van der Waals surface area contributed by atoms with Crippen molar-refractivity contribution < 1.29 is 0 Å². The van der Waals surface area contributed by atoms with Gasteiger partial charge in [-0.1, -0.05) is 103 Å². The molecule has 7 aromatic carbocycles. The Labute approximate surface area is 317 Å². The first-order chi connectivity index (χ1) is 27.3. The van der Waals surface area contributed by atoms with Crippen molar-refractivity contribution in [3.8, 4) is 33.6 Å². The Kier molecular flexibility index (Phi) is 7.10. The molecular weight excluding hydrogens is 671 g/mol. The van der Waals surface area contributed by atoms with Crippen molar-refractivity contribution in [3.05, 3.63) is 189 Å². The van der Waals surface area contributed by atoms with Crippen molar-refractivity contribution in [2.24, 2.45) is 0 Å². The van der Waals surface area contributed by atoms with Crippen LogP contribution in [0.2, 0.25) is 0 Å². The second kappa shape index (κ2) is 12.6. The van der Waals surface area contributed by atoms with Crippen LogP contribution < -0.4 is 4.90 Å². The Morgan fingerprint density at radius 1 is 0.382 bits per heavy atom. The highest BCUT2D eigenvalue weighted by molar-refractivity contribution is 6.28. The maximum Gasteiger partial charge on any atom is 0.0972 e. The van der Waals surface area contributed by atoms with E-state index < -0.39 is 0 Å². The van der Waals surface area contributed by atoms with E-state index in [9.17, 15) is 0 Å². The number of para-hydroxylation sites is 1. The summed E-state index contributed by atoms with van der Waals surface area (Å²) in [5.41, 5.74) is 11.2. The summed E-state index contributed by atoms with van der Waals surface area (Å²) >= 11 is 0. The van der Waals surface area contributed by atoms with E-state index in [1.54, 1.807) is 6.20 Å². The molecule has 0 amide bonds. The molecule has 0 saturated carbocycles. The van der Waals surface area contributed by atoms with E-state index >= 15 is 0 Å². The van der Waals surface area contributed by atoms with E-state index in [1.807, 2.05) is 36.8 Å². The Hall–Kier alpha value is -7.50. The van der Waals surface area contributed by atoms with Crippen LogP contribution in [0.5, 0.6) is 0 Å². The third-order valence-electron chi connectivity index (χ3n) is 10.7. The highest BCUT2D eigenvalue weighted by Crippen LogP contribution is 2.45. The van der Waals surface area contributed by atoms with Crippen molar-refractivity contribution in [3.63, 3.8) is 0 Å². The van der Waals surface area contributed by atoms with Gasteiger partial charge in [-0.25, -0.2) is 9.97 Å². The van der Waals surface area contributed by atoms with Gasteiger partial charge in [0.25, 0.3) is 0 Å². The van der Waals surface area contributed by atoms with E-state index in [-0.39, 0.29) is 0 Å². The lowest BCUT2D eigenvalue weighted by atomic mass is 9.88. The van der Waals surface area contributed by atoms with Gasteiger partial charge >= 0.3 is 0 Å². The fourth-order valence-corrected chi connectivity index (χ4v) is 8.17. The normalized spacial score (nSPS) is 11.6. The average Bonchev–Trinajstić information content (AvgIpc) is 3.26. The summed E-state index contributed by atoms with van der Waals surface area (Å²) in [7, 11) is 0. The molecule has 0 aliphatic carbocycles. The minimum Gasteiger partial charge on any atom is -0.308 e. The predicted molar refractivity (Wildman–Crippen MR) is 227 cm³/mol. The van der Waals surface area contributed by atoms with Gasteiger partial charge < -0.3 is 4.90 Å². The molecule has 0 aliphatic heterocycles. The topological polar surface area (TPSA) is 54.8 Å². The number of rotatable bonds is 6. The average molecular weight is 702 g/mol. The summed E-state index contributed by atoms with van der Waals surface area (Å²) in [5.74, 6) is 0. The highest BCUT2D eigenvalue weighted by Gasteiger charge is 2.20. The smallest absolute Gasteiger partial charge is 0.0972 e. The molecule has 55 heavy (non-hydrogen) atoms. The summed E-state index contributed by atoms with van der Waals surface area (Å²) in [5, 5.41) is 9.51. The van der Waals surface area contributed by atoms with Crippen LogP contribution in [-0.4, -0.2) is 19.9 Å². The van der Waals surface area contributed by atoms with Crippen molar-refractivity contribution >= 4 is 71.2 Å². The molecule has 0 fully saturated rings. The van der Waals surface area contributed by atoms with Crippen LogP contribution in [0.15, 0.2) is 189 Å². The summed E-state index contributed by atoms with van der Waals surface area (Å²) in [6.45, 7) is 0. The molecular formula is C50H31N5. The summed E-state index contributed by atoms with van der Waals surface area (Å²) < 4.78 is 0. The van der Waals surface area contributed by atoms with E-state index in [0.29, 0.717) is 0 Å². The maximum atomic E-state index is 5.26. The minimum atomic E-state index is 0.883. The lowest BCUT2D eigenvalue weighted by Gasteiger charge is -2.27. The van der Waals surface area contributed by atoms with Crippen LogP contribution in [0.3, 0.4) is 0 Å². The standard InChI is InChI=1S/C50H31N5/c1-2-10-39(11-3-1)55(40-12-6-28-52-31-40)46-26-20-33-16-22-42-41(21-15-32-17-23-43(46)48(33)47(32)42)36-7-4-8-37(29-36)44-24-18-34-13-14-35-19-25-45(38-9-5-27-51-30-38)54-50(35)49(34)53-44/h1-31H. The van der Waals surface area contributed by atoms with Gasteiger partial charge in [-0.05, 0) is 98.7 Å². The van der Waals surface area contributed by atoms with Crippen LogP contribution in [0, 0.1) is 0 Å². The first kappa shape index (κ1) is 31.1. The Balaban J connectivity index is 1.06. The Morgan fingerprint density at radius 2 is 0.964 bits per heavy atom. The lowest BCUT2D eigenvalue weighted by molar-refractivity contribution is 1.24. The lowest BCUT2D eigenvalue weighted by Crippen LogP contribution is -2.10. The molecule has 0 spiro atoms. The molecule has 11 aromatic rings. The monoisotopic (exact) mass is 701 g/mol. The van der Waals surface area contributed by atoms with Gasteiger partial charge in [-0.2, -0.15) is 0 Å². The van der Waals surface area contributed by atoms with Gasteiger partial charge in [0.1, 0.15) is 0 Å². The number of pyridine rings is 4. The second-order valence-corrected chi connectivity index (χ2v) is 13.9. The summed E-state index contributed by atoms with van der Waals surface area (Å²) in [6.07, 6.45) is 7.38. The van der Waals surface area contributed by atoms with Gasteiger partial charge in [0.15, 0.2) is 0 Å². The number of anilines is 3. The van der Waals surface area contributed by atoms with Crippen LogP contribution >= 0.6 is 0 Å². The fourth-order valence-electron chi connectivity index (χ4n) is 8.17. The first-order valence-corrected chi connectivity index (χ1v) is 18.4. The van der Waals surface area contributed by atoms with E-state index in [2.05, 4.69) is 160 Å². The summed E-state index contributed by atoms with van der Waals surface area (Å²) in [4.78, 5) is 21.4. The molecule has 4 aromatic heterocycles. The predicted octanol–water partition coefficient (Wildman–Crippen LogP) is 12.9. The van der Waals surface area contributed by atoms with Crippen molar-refractivity contribution in [1.82, 2.24) is 19.9 Å². The maximum absolute atomic E-state index is 5.26. The molecule has 0 aliphatic rings. The van der Waals surface area contributed by atoms with Crippen molar-refractivity contribution in [2.45, 2.75) is 0 Å². The minimum absolute atomic E-state index is 0.883. The highest BCUT2D eigenvalue weighted by atomic mass is 15.1. The van der Waals surface area contributed by atoms with Gasteiger partial charge in [0, 0.05) is 51.6 Å². The molecule has 11 rings (SSSR count). The molecule has 256 valence electrons. The summed E-state index contributed by atoms with van der Waals surface area (Å²) in [6, 6.07) is 58.2. The molecule has 0 N–H and O–H groups in total. The number of nitrogens with zero attached hydrogens (tertiary/aromatic N) is 5. The van der Waals surface area contributed by atoms with Crippen LogP contribution in [0.4, 0.5) is 17.1 Å². The van der Waals surface area contributed by atoms with Gasteiger partial charge in [-0.15, -0.1) is 0 Å². The first-order valence-electron chi connectivity index (χ1n) is 18.4.